The van der Waals surface area contributed by atoms with Gasteiger partial charge in [-0.15, -0.1) is 11.3 Å². The Morgan fingerprint density at radius 1 is 1.38 bits per heavy atom. The monoisotopic (exact) mass is 254 g/mol. The van der Waals surface area contributed by atoms with E-state index in [1.165, 1.54) is 23.5 Å². The first-order valence-corrected chi connectivity index (χ1v) is 5.93. The van der Waals surface area contributed by atoms with Crippen molar-refractivity contribution < 1.29 is 9.18 Å². The van der Waals surface area contributed by atoms with Gasteiger partial charge >= 0.3 is 0 Å². The largest absolute Gasteiger partial charge is 0.294 e. The molecule has 0 aliphatic rings. The van der Waals surface area contributed by atoms with Gasteiger partial charge in [0.1, 0.15) is 5.82 Å². The van der Waals surface area contributed by atoms with Crippen molar-refractivity contribution in [1.29, 1.82) is 0 Å². The Labute approximate surface area is 101 Å². The molecule has 0 atom stereocenters. The second kappa shape index (κ2) is 4.76. The molecule has 82 valence electrons. The fourth-order valence-corrected chi connectivity index (χ4v) is 2.16. The molecule has 0 spiro atoms. The molecule has 0 aliphatic heterocycles. The first-order chi connectivity index (χ1) is 7.66. The summed E-state index contributed by atoms with van der Waals surface area (Å²) >= 11 is 7.06. The van der Waals surface area contributed by atoms with Gasteiger partial charge in [0.15, 0.2) is 5.78 Å². The lowest BCUT2D eigenvalue weighted by Gasteiger charge is -2.00. The van der Waals surface area contributed by atoms with Crippen molar-refractivity contribution in [2.75, 3.05) is 0 Å². The highest BCUT2D eigenvalue weighted by Crippen LogP contribution is 2.18. The number of rotatable bonds is 3. The van der Waals surface area contributed by atoms with E-state index in [0.717, 1.165) is 4.88 Å². The van der Waals surface area contributed by atoms with Crippen molar-refractivity contribution in [2.24, 2.45) is 0 Å². The lowest BCUT2D eigenvalue weighted by Crippen LogP contribution is -2.02. The van der Waals surface area contributed by atoms with Gasteiger partial charge in [0, 0.05) is 16.9 Å². The van der Waals surface area contributed by atoms with Gasteiger partial charge in [0.25, 0.3) is 0 Å². The second-order valence-corrected chi connectivity index (χ2v) is 4.75. The molecule has 0 fully saturated rings. The Morgan fingerprint density at radius 2 is 2.19 bits per heavy atom. The third kappa shape index (κ3) is 2.49. The predicted octanol–water partition coefficient (Wildman–Crippen LogP) is 3.97. The summed E-state index contributed by atoms with van der Waals surface area (Å²) in [7, 11) is 0. The van der Waals surface area contributed by atoms with E-state index in [4.69, 9.17) is 11.6 Å². The van der Waals surface area contributed by atoms with Crippen LogP contribution in [0.15, 0.2) is 35.7 Å². The highest BCUT2D eigenvalue weighted by atomic mass is 35.5. The molecule has 0 N–H and O–H groups in total. The first-order valence-electron chi connectivity index (χ1n) is 4.67. The first kappa shape index (κ1) is 11.3. The summed E-state index contributed by atoms with van der Waals surface area (Å²) in [6.07, 6.45) is 0.304. The number of ketones is 1. The van der Waals surface area contributed by atoms with Crippen LogP contribution in [0.2, 0.25) is 5.02 Å². The summed E-state index contributed by atoms with van der Waals surface area (Å²) < 4.78 is 13.1. The van der Waals surface area contributed by atoms with Crippen LogP contribution < -0.4 is 0 Å². The fourth-order valence-electron chi connectivity index (χ4n) is 1.34. The number of carbonyl (C=O) groups is 1. The Morgan fingerprint density at radius 3 is 2.81 bits per heavy atom. The van der Waals surface area contributed by atoms with Crippen LogP contribution in [0, 0.1) is 5.82 Å². The van der Waals surface area contributed by atoms with Crippen molar-refractivity contribution in [3.63, 3.8) is 0 Å². The van der Waals surface area contributed by atoms with Gasteiger partial charge in [-0.25, -0.2) is 4.39 Å². The summed E-state index contributed by atoms with van der Waals surface area (Å²) in [5, 5.41) is 1.94. The van der Waals surface area contributed by atoms with Gasteiger partial charge in [0.2, 0.25) is 0 Å². The molecule has 0 amide bonds. The van der Waals surface area contributed by atoms with Crippen LogP contribution in [0.3, 0.4) is 0 Å². The van der Waals surface area contributed by atoms with E-state index >= 15 is 0 Å². The molecular weight excluding hydrogens is 247 g/mol. The van der Waals surface area contributed by atoms with Gasteiger partial charge in [-0.05, 0) is 29.6 Å². The molecule has 1 aromatic carbocycles. The average Bonchev–Trinajstić information content (AvgIpc) is 2.74. The third-order valence-electron chi connectivity index (χ3n) is 2.16. The van der Waals surface area contributed by atoms with E-state index < -0.39 is 5.82 Å². The zero-order valence-corrected chi connectivity index (χ0v) is 9.82. The Balaban J connectivity index is 2.18. The molecule has 16 heavy (non-hydrogen) atoms. The molecule has 1 nitrogen and oxygen atoms in total. The van der Waals surface area contributed by atoms with E-state index in [0.29, 0.717) is 12.0 Å². The van der Waals surface area contributed by atoms with E-state index in [9.17, 15) is 9.18 Å². The number of benzene rings is 1. The number of hydrogen-bond donors (Lipinski definition) is 0. The maximum Gasteiger partial charge on any atom is 0.168 e. The number of hydrogen-bond acceptors (Lipinski definition) is 2. The van der Waals surface area contributed by atoms with Gasteiger partial charge < -0.3 is 0 Å². The normalized spacial score (nSPS) is 10.4. The van der Waals surface area contributed by atoms with Crippen LogP contribution in [0.5, 0.6) is 0 Å². The number of carbonyl (C=O) groups excluding carboxylic acids is 1. The Kier molecular flexibility index (Phi) is 3.36. The lowest BCUT2D eigenvalue weighted by atomic mass is 10.1. The number of Topliss-reactive ketones (excluding diaryl/α,β-unsaturated/α-hetero) is 1. The Bertz CT molecular complexity index is 508. The van der Waals surface area contributed by atoms with Crippen molar-refractivity contribution in [1.82, 2.24) is 0 Å². The van der Waals surface area contributed by atoms with Crippen LogP contribution in [-0.4, -0.2) is 5.78 Å². The summed E-state index contributed by atoms with van der Waals surface area (Å²) in [6.45, 7) is 0. The molecule has 1 aromatic heterocycles. The summed E-state index contributed by atoms with van der Waals surface area (Å²) in [6, 6.07) is 7.89. The predicted molar refractivity (Wildman–Crippen MR) is 63.8 cm³/mol. The molecule has 0 saturated heterocycles. The average molecular weight is 255 g/mol. The maximum atomic E-state index is 13.1. The van der Waals surface area contributed by atoms with Crippen molar-refractivity contribution in [3.8, 4) is 0 Å². The summed E-state index contributed by atoms with van der Waals surface area (Å²) in [5.74, 6) is -0.656. The highest BCUT2D eigenvalue weighted by molar-refractivity contribution is 7.10. The molecule has 0 radical (unpaired) electrons. The van der Waals surface area contributed by atoms with Gasteiger partial charge in [-0.3, -0.25) is 4.79 Å². The quantitative estimate of drug-likeness (QED) is 0.758. The zero-order valence-electron chi connectivity index (χ0n) is 8.24. The molecular formula is C12H8ClFOS. The number of thiophene rings is 1. The molecule has 0 bridgehead atoms. The van der Waals surface area contributed by atoms with Crippen LogP contribution >= 0.6 is 22.9 Å². The Hall–Kier alpha value is -1.19. The highest BCUT2D eigenvalue weighted by Gasteiger charge is 2.10. The number of halogens is 2. The van der Waals surface area contributed by atoms with Crippen LogP contribution in [-0.2, 0) is 6.42 Å². The molecule has 2 aromatic rings. The maximum absolute atomic E-state index is 13.1. The molecule has 0 aliphatic carbocycles. The standard InChI is InChI=1S/C12H8ClFOS/c13-10-4-3-8(6-11(10)14)12(15)7-9-2-1-5-16-9/h1-6H,7H2. The van der Waals surface area contributed by atoms with E-state index in [1.807, 2.05) is 17.5 Å². The van der Waals surface area contributed by atoms with E-state index in [2.05, 4.69) is 0 Å². The molecule has 2 rings (SSSR count). The summed E-state index contributed by atoms with van der Waals surface area (Å²) in [5.41, 5.74) is 0.357. The fraction of sp³-hybridized carbons (Fsp3) is 0.0833. The van der Waals surface area contributed by atoms with E-state index in [1.54, 1.807) is 6.07 Å². The van der Waals surface area contributed by atoms with Gasteiger partial charge in [-0.1, -0.05) is 17.7 Å². The van der Waals surface area contributed by atoms with Crippen LogP contribution in [0.25, 0.3) is 0 Å². The minimum Gasteiger partial charge on any atom is -0.294 e. The minimum absolute atomic E-state index is 0.0349. The minimum atomic E-state index is -0.557. The molecule has 1 heterocycles. The van der Waals surface area contributed by atoms with Crippen molar-refractivity contribution in [2.45, 2.75) is 6.42 Å². The van der Waals surface area contributed by atoms with Crippen molar-refractivity contribution >= 4 is 28.7 Å². The molecule has 4 heteroatoms. The topological polar surface area (TPSA) is 17.1 Å². The van der Waals surface area contributed by atoms with Crippen LogP contribution in [0.4, 0.5) is 4.39 Å². The van der Waals surface area contributed by atoms with Gasteiger partial charge in [0.05, 0.1) is 5.02 Å². The third-order valence-corrected chi connectivity index (χ3v) is 3.34. The van der Waals surface area contributed by atoms with Crippen LogP contribution in [0.1, 0.15) is 15.2 Å². The van der Waals surface area contributed by atoms with E-state index in [-0.39, 0.29) is 10.8 Å². The molecule has 0 saturated carbocycles. The SMILES string of the molecule is O=C(Cc1cccs1)c1ccc(Cl)c(F)c1. The van der Waals surface area contributed by atoms with Crippen molar-refractivity contribution in [3.05, 3.63) is 57.0 Å². The zero-order chi connectivity index (χ0) is 11.5. The second-order valence-electron chi connectivity index (χ2n) is 3.31. The summed E-state index contributed by atoms with van der Waals surface area (Å²) in [4.78, 5) is 12.7. The lowest BCUT2D eigenvalue weighted by molar-refractivity contribution is 0.0993. The smallest absolute Gasteiger partial charge is 0.168 e. The molecule has 0 unspecified atom stereocenters. The van der Waals surface area contributed by atoms with Gasteiger partial charge in [-0.2, -0.15) is 0 Å².